The summed E-state index contributed by atoms with van der Waals surface area (Å²) in [5.74, 6) is -0.140. The number of carbonyl (C=O) groups excluding carboxylic acids is 1. The van der Waals surface area contributed by atoms with E-state index in [1.54, 1.807) is 11.0 Å². The van der Waals surface area contributed by atoms with Crippen molar-refractivity contribution in [2.24, 2.45) is 0 Å². The minimum Gasteiger partial charge on any atom is -0.336 e. The molecular weight excluding hydrogens is 400 g/mol. The van der Waals surface area contributed by atoms with Crippen LogP contribution in [0.4, 0.5) is 5.69 Å². The van der Waals surface area contributed by atoms with Crippen LogP contribution in [0.2, 0.25) is 0 Å². The Kier molecular flexibility index (Phi) is 6.56. The lowest BCUT2D eigenvalue weighted by Crippen LogP contribution is -2.52. The first-order chi connectivity index (χ1) is 11.0. The maximum atomic E-state index is 12.6. The number of benzene rings is 1. The van der Waals surface area contributed by atoms with Crippen LogP contribution in [0, 0.1) is 10.1 Å². The lowest BCUT2D eigenvalue weighted by Gasteiger charge is -2.37. The third kappa shape index (κ3) is 4.24. The Labute approximate surface area is 155 Å². The second kappa shape index (κ2) is 8.24. The Morgan fingerprint density at radius 1 is 1.25 bits per heavy atom. The van der Waals surface area contributed by atoms with E-state index in [0.717, 1.165) is 32.6 Å². The predicted octanol–water partition coefficient (Wildman–Crippen LogP) is 1.90. The molecule has 1 amide bonds. The first kappa shape index (κ1) is 19.1. The van der Waals surface area contributed by atoms with Gasteiger partial charge in [-0.2, -0.15) is 0 Å². The van der Waals surface area contributed by atoms with E-state index >= 15 is 0 Å². The number of nitrogens with one attached hydrogen (secondary N) is 1. The molecule has 2 aliphatic rings. The van der Waals surface area contributed by atoms with Gasteiger partial charge in [0.1, 0.15) is 0 Å². The van der Waals surface area contributed by atoms with Gasteiger partial charge < -0.3 is 10.2 Å². The van der Waals surface area contributed by atoms with E-state index in [0.29, 0.717) is 29.2 Å². The van der Waals surface area contributed by atoms with Crippen molar-refractivity contribution in [1.29, 1.82) is 0 Å². The average molecular weight is 420 g/mol. The van der Waals surface area contributed by atoms with Crippen LogP contribution >= 0.6 is 28.3 Å². The smallest absolute Gasteiger partial charge is 0.271 e. The highest BCUT2D eigenvalue weighted by molar-refractivity contribution is 9.10. The first-order valence-electron chi connectivity index (χ1n) is 7.73. The second-order valence-electron chi connectivity index (χ2n) is 5.93. The van der Waals surface area contributed by atoms with Crippen LogP contribution in [0.25, 0.3) is 0 Å². The van der Waals surface area contributed by atoms with Gasteiger partial charge >= 0.3 is 0 Å². The van der Waals surface area contributed by atoms with Gasteiger partial charge in [-0.1, -0.05) is 15.9 Å². The fraction of sp³-hybridized carbons (Fsp3) is 0.533. The molecule has 2 saturated heterocycles. The maximum absolute atomic E-state index is 12.6. The molecule has 1 N–H and O–H groups in total. The lowest BCUT2D eigenvalue weighted by molar-refractivity contribution is -0.385. The highest BCUT2D eigenvalue weighted by Gasteiger charge is 2.28. The quantitative estimate of drug-likeness (QED) is 0.598. The van der Waals surface area contributed by atoms with Crippen molar-refractivity contribution in [3.05, 3.63) is 38.3 Å². The molecule has 1 aromatic rings. The van der Waals surface area contributed by atoms with Gasteiger partial charge in [-0.15, -0.1) is 12.4 Å². The normalized spacial score (nSPS) is 21.4. The Morgan fingerprint density at radius 2 is 1.96 bits per heavy atom. The summed E-state index contributed by atoms with van der Waals surface area (Å²) in [7, 11) is 0. The number of nitro groups is 1. The van der Waals surface area contributed by atoms with E-state index in [1.165, 1.54) is 12.1 Å². The summed E-state index contributed by atoms with van der Waals surface area (Å²) in [5, 5.41) is 14.3. The van der Waals surface area contributed by atoms with Gasteiger partial charge in [-0.3, -0.25) is 19.8 Å². The maximum Gasteiger partial charge on any atom is 0.271 e. The van der Waals surface area contributed by atoms with E-state index in [9.17, 15) is 14.9 Å². The van der Waals surface area contributed by atoms with E-state index in [1.807, 2.05) is 0 Å². The van der Waals surface area contributed by atoms with Crippen molar-refractivity contribution in [3.63, 3.8) is 0 Å². The zero-order valence-corrected chi connectivity index (χ0v) is 15.5. The molecule has 7 nitrogen and oxygen atoms in total. The number of hydrogen-bond donors (Lipinski definition) is 1. The molecule has 2 aliphatic heterocycles. The summed E-state index contributed by atoms with van der Waals surface area (Å²) >= 11 is 3.24. The Balaban J connectivity index is 0.00000208. The zero-order chi connectivity index (χ0) is 16.4. The van der Waals surface area contributed by atoms with Gasteiger partial charge in [-0.25, -0.2) is 0 Å². The molecule has 1 atom stereocenters. The predicted molar refractivity (Wildman–Crippen MR) is 96.8 cm³/mol. The molecule has 0 bridgehead atoms. The second-order valence-corrected chi connectivity index (χ2v) is 6.85. The Bertz CT molecular complexity index is 617. The molecule has 132 valence electrons. The molecule has 0 radical (unpaired) electrons. The minimum absolute atomic E-state index is 0. The molecule has 2 heterocycles. The number of piperazine rings is 1. The lowest BCUT2D eigenvalue weighted by atomic mass is 10.1. The zero-order valence-electron chi connectivity index (χ0n) is 13.1. The molecule has 1 aromatic carbocycles. The molecule has 0 saturated carbocycles. The number of halogens is 2. The van der Waals surface area contributed by atoms with Crippen LogP contribution in [-0.4, -0.2) is 65.9 Å². The average Bonchev–Trinajstić information content (AvgIpc) is 3.08. The van der Waals surface area contributed by atoms with E-state index in [4.69, 9.17) is 0 Å². The molecule has 2 fully saturated rings. The number of hydrogen-bond acceptors (Lipinski definition) is 5. The summed E-state index contributed by atoms with van der Waals surface area (Å²) in [6, 6.07) is 4.96. The number of rotatable bonds is 3. The largest absolute Gasteiger partial charge is 0.336 e. The highest BCUT2D eigenvalue weighted by Crippen LogP contribution is 2.23. The summed E-state index contributed by atoms with van der Waals surface area (Å²) in [4.78, 5) is 27.3. The first-order valence-corrected chi connectivity index (χ1v) is 8.53. The summed E-state index contributed by atoms with van der Waals surface area (Å²) < 4.78 is 0.547. The molecule has 9 heteroatoms. The van der Waals surface area contributed by atoms with E-state index in [2.05, 4.69) is 26.1 Å². The number of amides is 1. The van der Waals surface area contributed by atoms with Crippen molar-refractivity contribution in [3.8, 4) is 0 Å². The standard InChI is InChI=1S/C15H19BrN4O3.ClH/c16-12-7-11(8-14(9-12)20(22)23)15(21)19-5-3-18(4-6-19)13-1-2-17-10-13;/h7-9,13,17H,1-6,10H2;1H. The van der Waals surface area contributed by atoms with Crippen molar-refractivity contribution in [1.82, 2.24) is 15.1 Å². The Hall–Kier alpha value is -1.22. The van der Waals surface area contributed by atoms with Gasteiger partial charge in [0.15, 0.2) is 0 Å². The van der Waals surface area contributed by atoms with E-state index < -0.39 is 4.92 Å². The summed E-state index contributed by atoms with van der Waals surface area (Å²) in [6.45, 7) is 5.12. The van der Waals surface area contributed by atoms with Crippen molar-refractivity contribution in [2.75, 3.05) is 39.3 Å². The fourth-order valence-corrected chi connectivity index (χ4v) is 3.71. The van der Waals surface area contributed by atoms with Crippen molar-refractivity contribution >= 4 is 39.9 Å². The molecule has 3 rings (SSSR count). The van der Waals surface area contributed by atoms with Gasteiger partial charge in [0.05, 0.1) is 4.92 Å². The molecular formula is C15H20BrClN4O3. The molecule has 0 spiro atoms. The third-order valence-corrected chi connectivity index (χ3v) is 4.95. The molecule has 24 heavy (non-hydrogen) atoms. The van der Waals surface area contributed by atoms with Gasteiger partial charge in [0.25, 0.3) is 11.6 Å². The molecule has 0 aromatic heterocycles. The third-order valence-electron chi connectivity index (χ3n) is 4.49. The number of non-ortho nitro benzene ring substituents is 1. The number of nitrogens with zero attached hydrogens (tertiary/aromatic N) is 3. The highest BCUT2D eigenvalue weighted by atomic mass is 79.9. The van der Waals surface area contributed by atoms with Crippen LogP contribution in [0.15, 0.2) is 22.7 Å². The number of nitro benzene ring substituents is 1. The van der Waals surface area contributed by atoms with Crippen molar-refractivity contribution < 1.29 is 9.72 Å². The SMILES string of the molecule is Cl.O=C(c1cc(Br)cc([N+](=O)[O-])c1)N1CCN(C2CCNC2)CC1. The van der Waals surface area contributed by atoms with Gasteiger partial charge in [0.2, 0.25) is 0 Å². The van der Waals surface area contributed by atoms with E-state index in [-0.39, 0.29) is 24.0 Å². The fourth-order valence-electron chi connectivity index (χ4n) is 3.23. The number of carbonyl (C=O) groups is 1. The minimum atomic E-state index is -0.480. The van der Waals surface area contributed by atoms with Crippen LogP contribution in [0.3, 0.4) is 0 Å². The van der Waals surface area contributed by atoms with Crippen molar-refractivity contribution in [2.45, 2.75) is 12.5 Å². The molecule has 0 aliphatic carbocycles. The monoisotopic (exact) mass is 418 g/mol. The molecule has 1 unspecified atom stereocenters. The summed E-state index contributed by atoms with van der Waals surface area (Å²) in [5.41, 5.74) is 0.292. The topological polar surface area (TPSA) is 78.7 Å². The van der Waals surface area contributed by atoms with Crippen LogP contribution in [-0.2, 0) is 0 Å². The van der Waals surface area contributed by atoms with Crippen LogP contribution in [0.1, 0.15) is 16.8 Å². The Morgan fingerprint density at radius 3 is 2.54 bits per heavy atom. The van der Waals surface area contributed by atoms with Gasteiger partial charge in [-0.05, 0) is 19.0 Å². The summed E-state index contributed by atoms with van der Waals surface area (Å²) in [6.07, 6.45) is 1.16. The van der Waals surface area contributed by atoms with Crippen LogP contribution in [0.5, 0.6) is 0 Å². The van der Waals surface area contributed by atoms with Crippen LogP contribution < -0.4 is 5.32 Å². The van der Waals surface area contributed by atoms with Gasteiger partial charge in [0, 0.05) is 60.9 Å².